The maximum atomic E-state index is 2.78. The van der Waals surface area contributed by atoms with Crippen LogP contribution >= 0.6 is 0 Å². The topological polar surface area (TPSA) is 3.24 Å². The van der Waals surface area contributed by atoms with Gasteiger partial charge in [-0.05, 0) is 69.2 Å². The molecular weight excluding hydrogens is 242 g/mol. The maximum absolute atomic E-state index is 2.78. The van der Waals surface area contributed by atoms with Gasteiger partial charge in [-0.3, -0.25) is 4.90 Å². The summed E-state index contributed by atoms with van der Waals surface area (Å²) in [5.41, 5.74) is 4.32. The summed E-state index contributed by atoms with van der Waals surface area (Å²) >= 11 is 0. The van der Waals surface area contributed by atoms with E-state index < -0.39 is 0 Å². The number of nitrogens with zero attached hydrogens (tertiary/aromatic N) is 1. The monoisotopic (exact) mass is 275 g/mol. The van der Waals surface area contributed by atoms with E-state index in [1.54, 1.807) is 0 Å². The van der Waals surface area contributed by atoms with E-state index in [1.165, 1.54) is 32.2 Å². The molecule has 0 aromatic carbocycles. The second-order valence-electron chi connectivity index (χ2n) is 8.40. The molecule has 3 aliphatic rings. The zero-order valence-corrected chi connectivity index (χ0v) is 14.4. The maximum Gasteiger partial charge on any atom is 0.0139 e. The molecule has 3 rings (SSSR count). The van der Waals surface area contributed by atoms with Crippen LogP contribution < -0.4 is 0 Å². The number of allylic oxidation sites excluding steroid dienone is 2. The smallest absolute Gasteiger partial charge is 0.0139 e. The zero-order valence-electron chi connectivity index (χ0n) is 14.4. The predicted molar refractivity (Wildman–Crippen MR) is 86.7 cm³/mol. The summed E-state index contributed by atoms with van der Waals surface area (Å²) in [7, 11) is 0. The molecule has 0 N–H and O–H groups in total. The molecule has 20 heavy (non-hydrogen) atoms. The molecule has 1 nitrogen and oxygen atoms in total. The van der Waals surface area contributed by atoms with E-state index in [0.29, 0.717) is 5.41 Å². The Labute approximate surface area is 125 Å². The lowest BCUT2D eigenvalue weighted by molar-refractivity contribution is 0.0926. The van der Waals surface area contributed by atoms with Gasteiger partial charge in [-0.15, -0.1) is 0 Å². The van der Waals surface area contributed by atoms with Crippen molar-refractivity contribution in [2.75, 3.05) is 6.54 Å². The molecule has 2 aliphatic carbocycles. The minimum atomic E-state index is 0.601. The van der Waals surface area contributed by atoms with Gasteiger partial charge in [-0.2, -0.15) is 0 Å². The first kappa shape index (κ1) is 14.6. The molecule has 1 heterocycles. The van der Waals surface area contributed by atoms with Crippen molar-refractivity contribution >= 4 is 0 Å². The lowest BCUT2D eigenvalue weighted by atomic mass is 9.68. The number of likely N-dealkylation sites (tertiary alicyclic amines) is 1. The lowest BCUT2D eigenvalue weighted by Crippen LogP contribution is -2.45. The van der Waals surface area contributed by atoms with Crippen LogP contribution in [-0.4, -0.2) is 23.5 Å². The Kier molecular flexibility index (Phi) is 3.56. The fourth-order valence-corrected chi connectivity index (χ4v) is 5.60. The van der Waals surface area contributed by atoms with Crippen molar-refractivity contribution in [2.45, 2.75) is 79.3 Å². The Hall–Kier alpha value is -0.300. The van der Waals surface area contributed by atoms with Crippen LogP contribution in [0, 0.1) is 23.2 Å². The number of piperidine rings is 1. The Morgan fingerprint density at radius 1 is 1.00 bits per heavy atom. The van der Waals surface area contributed by atoms with Gasteiger partial charge < -0.3 is 0 Å². The van der Waals surface area contributed by atoms with Crippen LogP contribution in [0.3, 0.4) is 0 Å². The minimum absolute atomic E-state index is 0.601. The molecule has 114 valence electrons. The first-order valence-corrected chi connectivity index (χ1v) is 8.87. The molecule has 0 radical (unpaired) electrons. The van der Waals surface area contributed by atoms with Gasteiger partial charge in [0.2, 0.25) is 0 Å². The highest BCUT2D eigenvalue weighted by Gasteiger charge is 2.61. The molecule has 0 bridgehead atoms. The molecule has 1 saturated heterocycles. The Balaban J connectivity index is 1.91. The van der Waals surface area contributed by atoms with Crippen LogP contribution in [0.15, 0.2) is 11.1 Å². The molecule has 1 heteroatoms. The van der Waals surface area contributed by atoms with E-state index in [0.717, 1.165) is 29.8 Å². The highest BCUT2D eigenvalue weighted by atomic mass is 15.2. The summed E-state index contributed by atoms with van der Waals surface area (Å²) in [4.78, 5) is 2.78. The van der Waals surface area contributed by atoms with Gasteiger partial charge in [0, 0.05) is 12.1 Å². The summed E-state index contributed by atoms with van der Waals surface area (Å²) < 4.78 is 0. The fourth-order valence-electron chi connectivity index (χ4n) is 5.60. The number of hydrogen-bond acceptors (Lipinski definition) is 1. The molecule has 2 fully saturated rings. The SMILES string of the molecule is CC(C)C1=C(C(C)C)[C@@]2(CC1)CCN(C(C)C)[C@H]1C[C@H]12. The van der Waals surface area contributed by atoms with E-state index in [2.05, 4.69) is 46.4 Å². The highest BCUT2D eigenvalue weighted by molar-refractivity contribution is 5.36. The van der Waals surface area contributed by atoms with Crippen molar-refractivity contribution in [3.05, 3.63) is 11.1 Å². The zero-order chi connectivity index (χ0) is 14.7. The number of hydrogen-bond donors (Lipinski definition) is 0. The van der Waals surface area contributed by atoms with Crippen LogP contribution in [0.4, 0.5) is 0 Å². The van der Waals surface area contributed by atoms with Gasteiger partial charge in [0.05, 0.1) is 0 Å². The van der Waals surface area contributed by atoms with Gasteiger partial charge in [-0.1, -0.05) is 38.8 Å². The minimum Gasteiger partial charge on any atom is -0.298 e. The number of fused-ring (bicyclic) bond motifs is 2. The summed E-state index contributed by atoms with van der Waals surface area (Å²) in [6.45, 7) is 15.8. The third-order valence-corrected chi connectivity index (χ3v) is 6.37. The Morgan fingerprint density at radius 3 is 2.25 bits per heavy atom. The molecule has 0 unspecified atom stereocenters. The first-order chi connectivity index (χ1) is 9.38. The van der Waals surface area contributed by atoms with Crippen molar-refractivity contribution < 1.29 is 0 Å². The molecule has 0 amide bonds. The Morgan fingerprint density at radius 2 is 1.70 bits per heavy atom. The molecule has 3 atom stereocenters. The third-order valence-electron chi connectivity index (χ3n) is 6.37. The first-order valence-electron chi connectivity index (χ1n) is 8.87. The normalized spacial score (nSPS) is 37.6. The van der Waals surface area contributed by atoms with Crippen molar-refractivity contribution in [3.8, 4) is 0 Å². The van der Waals surface area contributed by atoms with Crippen molar-refractivity contribution in [1.82, 2.24) is 4.90 Å². The summed E-state index contributed by atoms with van der Waals surface area (Å²) in [5, 5.41) is 0. The van der Waals surface area contributed by atoms with E-state index >= 15 is 0 Å². The number of rotatable bonds is 3. The van der Waals surface area contributed by atoms with Crippen LogP contribution in [0.1, 0.15) is 67.2 Å². The highest BCUT2D eigenvalue weighted by Crippen LogP contribution is 2.65. The van der Waals surface area contributed by atoms with Crippen LogP contribution in [0.5, 0.6) is 0 Å². The molecule has 1 saturated carbocycles. The molecule has 0 aromatic rings. The average Bonchev–Trinajstić information content (AvgIpc) is 3.05. The van der Waals surface area contributed by atoms with E-state index in [9.17, 15) is 0 Å². The van der Waals surface area contributed by atoms with Gasteiger partial charge in [0.25, 0.3) is 0 Å². The second-order valence-corrected chi connectivity index (χ2v) is 8.40. The quantitative estimate of drug-likeness (QED) is 0.664. The van der Waals surface area contributed by atoms with Gasteiger partial charge in [-0.25, -0.2) is 0 Å². The third kappa shape index (κ3) is 2.00. The van der Waals surface area contributed by atoms with Crippen molar-refractivity contribution in [1.29, 1.82) is 0 Å². The summed E-state index contributed by atoms with van der Waals surface area (Å²) in [6, 6.07) is 1.64. The van der Waals surface area contributed by atoms with E-state index in [1.807, 2.05) is 11.1 Å². The van der Waals surface area contributed by atoms with Gasteiger partial charge in [0.15, 0.2) is 0 Å². The van der Waals surface area contributed by atoms with Crippen LogP contribution in [0.25, 0.3) is 0 Å². The molecular formula is C19H33N. The molecule has 1 aliphatic heterocycles. The van der Waals surface area contributed by atoms with Gasteiger partial charge in [0.1, 0.15) is 0 Å². The standard InChI is InChI=1S/C19H33N/c1-12(2)15-7-8-19(18(15)13(3)4)9-10-20(14(5)6)17-11-16(17)19/h12-14,16-17H,7-11H2,1-6H3/t16-,17+,19+/m1/s1. The molecule has 0 aromatic heterocycles. The summed E-state index contributed by atoms with van der Waals surface area (Å²) in [5.74, 6) is 2.49. The fraction of sp³-hybridized carbons (Fsp3) is 0.895. The van der Waals surface area contributed by atoms with Gasteiger partial charge >= 0.3 is 0 Å². The predicted octanol–water partition coefficient (Wildman–Crippen LogP) is 4.88. The van der Waals surface area contributed by atoms with E-state index in [-0.39, 0.29) is 0 Å². The average molecular weight is 275 g/mol. The van der Waals surface area contributed by atoms with Crippen molar-refractivity contribution in [3.63, 3.8) is 0 Å². The molecule has 1 spiro atoms. The summed E-state index contributed by atoms with van der Waals surface area (Å²) in [6.07, 6.45) is 5.74. The van der Waals surface area contributed by atoms with E-state index in [4.69, 9.17) is 0 Å². The lowest BCUT2D eigenvalue weighted by Gasteiger charge is -2.44. The largest absolute Gasteiger partial charge is 0.298 e. The van der Waals surface area contributed by atoms with Crippen molar-refractivity contribution in [2.24, 2.45) is 23.2 Å². The van der Waals surface area contributed by atoms with Crippen LogP contribution in [-0.2, 0) is 0 Å². The van der Waals surface area contributed by atoms with Crippen LogP contribution in [0.2, 0.25) is 0 Å². The Bertz CT molecular complexity index is 417. The second kappa shape index (κ2) is 4.87.